The maximum atomic E-state index is 12.7. The van der Waals surface area contributed by atoms with Crippen LogP contribution >= 0.6 is 0 Å². The predicted molar refractivity (Wildman–Crippen MR) is 95.9 cm³/mol. The number of hydrogen-bond acceptors (Lipinski definition) is 4. The molecule has 0 saturated heterocycles. The summed E-state index contributed by atoms with van der Waals surface area (Å²) in [5, 5.41) is 0.536. The number of anilines is 1. The predicted octanol–water partition coefficient (Wildman–Crippen LogP) is 3.45. The molecule has 1 heterocycles. The fraction of sp³-hybridized carbons (Fsp3) is 0.167. The molecule has 5 nitrogen and oxygen atoms in total. The van der Waals surface area contributed by atoms with Crippen LogP contribution in [0.2, 0.25) is 0 Å². The van der Waals surface area contributed by atoms with Gasteiger partial charge in [0.1, 0.15) is 11.8 Å². The molecule has 124 valence electrons. The van der Waals surface area contributed by atoms with Gasteiger partial charge in [0.05, 0.1) is 17.2 Å². The van der Waals surface area contributed by atoms with Gasteiger partial charge < -0.3 is 4.42 Å². The SMILES string of the molecule is Cc1ccc2c(=O)c(-c3ccc(NS(C)(=O)=O)cc3)coc2c1C. The topological polar surface area (TPSA) is 76.4 Å². The quantitative estimate of drug-likeness (QED) is 0.790. The Morgan fingerprint density at radius 2 is 1.67 bits per heavy atom. The van der Waals surface area contributed by atoms with Gasteiger partial charge in [-0.25, -0.2) is 8.42 Å². The second-order valence-electron chi connectivity index (χ2n) is 5.81. The van der Waals surface area contributed by atoms with Crippen molar-refractivity contribution in [3.8, 4) is 11.1 Å². The van der Waals surface area contributed by atoms with E-state index in [4.69, 9.17) is 4.42 Å². The van der Waals surface area contributed by atoms with E-state index in [2.05, 4.69) is 4.72 Å². The number of benzene rings is 2. The summed E-state index contributed by atoms with van der Waals surface area (Å²) in [4.78, 5) is 12.7. The maximum Gasteiger partial charge on any atom is 0.229 e. The van der Waals surface area contributed by atoms with Crippen LogP contribution < -0.4 is 10.2 Å². The molecule has 0 spiro atoms. The van der Waals surface area contributed by atoms with E-state index < -0.39 is 10.0 Å². The highest BCUT2D eigenvalue weighted by molar-refractivity contribution is 7.92. The summed E-state index contributed by atoms with van der Waals surface area (Å²) in [6, 6.07) is 10.3. The number of fused-ring (bicyclic) bond motifs is 1. The minimum absolute atomic E-state index is 0.108. The molecule has 0 aliphatic heterocycles. The lowest BCUT2D eigenvalue weighted by molar-refractivity contribution is 0.601. The Kier molecular flexibility index (Phi) is 3.93. The van der Waals surface area contributed by atoms with Gasteiger partial charge in [0.2, 0.25) is 10.0 Å². The van der Waals surface area contributed by atoms with Gasteiger partial charge in [0, 0.05) is 5.69 Å². The van der Waals surface area contributed by atoms with Crippen molar-refractivity contribution in [2.45, 2.75) is 13.8 Å². The van der Waals surface area contributed by atoms with Gasteiger partial charge in [-0.2, -0.15) is 0 Å². The van der Waals surface area contributed by atoms with Crippen LogP contribution in [0.1, 0.15) is 11.1 Å². The van der Waals surface area contributed by atoms with Crippen LogP contribution in [0.15, 0.2) is 51.9 Å². The van der Waals surface area contributed by atoms with Crippen LogP contribution in [-0.2, 0) is 10.0 Å². The highest BCUT2D eigenvalue weighted by atomic mass is 32.2. The normalized spacial score (nSPS) is 11.6. The molecule has 0 fully saturated rings. The van der Waals surface area contributed by atoms with Crippen molar-refractivity contribution in [1.82, 2.24) is 0 Å². The largest absolute Gasteiger partial charge is 0.463 e. The monoisotopic (exact) mass is 343 g/mol. The van der Waals surface area contributed by atoms with E-state index in [-0.39, 0.29) is 5.43 Å². The highest BCUT2D eigenvalue weighted by Gasteiger charge is 2.12. The molecule has 0 bridgehead atoms. The zero-order valence-corrected chi connectivity index (χ0v) is 14.4. The standard InChI is InChI=1S/C18H17NO4S/c1-11-4-9-15-17(20)16(10-23-18(15)12(11)2)13-5-7-14(8-6-13)19-24(3,21)22/h4-10,19H,1-3H3. The third-order valence-electron chi connectivity index (χ3n) is 3.96. The van der Waals surface area contributed by atoms with Gasteiger partial charge in [-0.3, -0.25) is 9.52 Å². The molecule has 0 aliphatic carbocycles. The summed E-state index contributed by atoms with van der Waals surface area (Å²) in [7, 11) is -3.33. The van der Waals surface area contributed by atoms with Gasteiger partial charge in [-0.15, -0.1) is 0 Å². The van der Waals surface area contributed by atoms with Crippen LogP contribution in [0.3, 0.4) is 0 Å². The average Bonchev–Trinajstić information content (AvgIpc) is 2.51. The Morgan fingerprint density at radius 1 is 1.00 bits per heavy atom. The Morgan fingerprint density at radius 3 is 2.29 bits per heavy atom. The summed E-state index contributed by atoms with van der Waals surface area (Å²) in [6.45, 7) is 3.89. The third-order valence-corrected chi connectivity index (χ3v) is 4.57. The molecule has 2 aromatic carbocycles. The Bertz CT molecular complexity index is 1080. The molecule has 0 amide bonds. The van der Waals surface area contributed by atoms with E-state index in [9.17, 15) is 13.2 Å². The first kappa shape index (κ1) is 16.3. The molecule has 0 atom stereocenters. The molecular formula is C18H17NO4S. The van der Waals surface area contributed by atoms with Gasteiger partial charge in [-0.1, -0.05) is 18.2 Å². The molecule has 24 heavy (non-hydrogen) atoms. The van der Waals surface area contributed by atoms with Crippen molar-refractivity contribution in [3.05, 3.63) is 64.0 Å². The van der Waals surface area contributed by atoms with Crippen molar-refractivity contribution in [3.63, 3.8) is 0 Å². The fourth-order valence-corrected chi connectivity index (χ4v) is 3.13. The van der Waals surface area contributed by atoms with Crippen LogP contribution in [0, 0.1) is 13.8 Å². The Labute approximate surface area is 140 Å². The summed E-state index contributed by atoms with van der Waals surface area (Å²) < 4.78 is 30.6. The zero-order chi connectivity index (χ0) is 17.5. The van der Waals surface area contributed by atoms with Crippen molar-refractivity contribution in [2.75, 3.05) is 11.0 Å². The number of hydrogen-bond donors (Lipinski definition) is 1. The molecule has 3 rings (SSSR count). The molecule has 6 heteroatoms. The lowest BCUT2D eigenvalue weighted by Gasteiger charge is -2.08. The molecule has 0 saturated carbocycles. The van der Waals surface area contributed by atoms with Crippen molar-refractivity contribution in [1.29, 1.82) is 0 Å². The summed E-state index contributed by atoms with van der Waals surface area (Å²) in [5.74, 6) is 0. The van der Waals surface area contributed by atoms with E-state index in [0.717, 1.165) is 17.4 Å². The molecule has 3 aromatic rings. The van der Waals surface area contributed by atoms with Crippen LogP contribution in [0.4, 0.5) is 5.69 Å². The van der Waals surface area contributed by atoms with Crippen LogP contribution in [-0.4, -0.2) is 14.7 Å². The molecule has 1 N–H and O–H groups in total. The summed E-state index contributed by atoms with van der Waals surface area (Å²) in [5.41, 5.74) is 4.05. The fourth-order valence-electron chi connectivity index (χ4n) is 2.57. The van der Waals surface area contributed by atoms with E-state index in [1.165, 1.54) is 6.26 Å². The van der Waals surface area contributed by atoms with Gasteiger partial charge in [-0.05, 0) is 48.7 Å². The molecule has 0 unspecified atom stereocenters. The van der Waals surface area contributed by atoms with Crippen molar-refractivity contribution < 1.29 is 12.8 Å². The molecule has 0 radical (unpaired) electrons. The minimum Gasteiger partial charge on any atom is -0.463 e. The first-order valence-electron chi connectivity index (χ1n) is 7.36. The van der Waals surface area contributed by atoms with Gasteiger partial charge >= 0.3 is 0 Å². The number of rotatable bonds is 3. The summed E-state index contributed by atoms with van der Waals surface area (Å²) in [6.07, 6.45) is 2.54. The highest BCUT2D eigenvalue weighted by Crippen LogP contribution is 2.24. The van der Waals surface area contributed by atoms with E-state index in [0.29, 0.717) is 27.8 Å². The Hall–Kier alpha value is -2.60. The zero-order valence-electron chi connectivity index (χ0n) is 13.6. The maximum absolute atomic E-state index is 12.7. The molecule has 0 aliphatic rings. The smallest absolute Gasteiger partial charge is 0.229 e. The molecular weight excluding hydrogens is 326 g/mol. The third kappa shape index (κ3) is 3.05. The summed E-state index contributed by atoms with van der Waals surface area (Å²) >= 11 is 0. The van der Waals surface area contributed by atoms with E-state index in [1.54, 1.807) is 30.3 Å². The van der Waals surface area contributed by atoms with Crippen molar-refractivity contribution in [2.24, 2.45) is 0 Å². The second kappa shape index (κ2) is 5.79. The van der Waals surface area contributed by atoms with Gasteiger partial charge in [0.25, 0.3) is 0 Å². The number of aryl methyl sites for hydroxylation is 2. The second-order valence-corrected chi connectivity index (χ2v) is 7.56. The Balaban J connectivity index is 2.09. The minimum atomic E-state index is -3.33. The van der Waals surface area contributed by atoms with Crippen LogP contribution in [0.25, 0.3) is 22.1 Å². The van der Waals surface area contributed by atoms with E-state index in [1.807, 2.05) is 19.9 Å². The van der Waals surface area contributed by atoms with Gasteiger partial charge in [0.15, 0.2) is 5.43 Å². The lowest BCUT2D eigenvalue weighted by Crippen LogP contribution is -2.09. The molecule has 1 aromatic heterocycles. The first-order valence-corrected chi connectivity index (χ1v) is 9.25. The van der Waals surface area contributed by atoms with Crippen LogP contribution in [0.5, 0.6) is 0 Å². The first-order chi connectivity index (χ1) is 11.3. The van der Waals surface area contributed by atoms with Crippen molar-refractivity contribution >= 4 is 26.7 Å². The number of sulfonamides is 1. The lowest BCUT2D eigenvalue weighted by atomic mass is 10.0. The number of nitrogens with one attached hydrogen (secondary N) is 1. The average molecular weight is 343 g/mol. The van der Waals surface area contributed by atoms with E-state index >= 15 is 0 Å².